The van der Waals surface area contributed by atoms with E-state index in [2.05, 4.69) is 10.0 Å². The summed E-state index contributed by atoms with van der Waals surface area (Å²) in [5.74, 6) is -0.730. The maximum atomic E-state index is 12.4. The van der Waals surface area contributed by atoms with Crippen molar-refractivity contribution < 1.29 is 22.7 Å². The van der Waals surface area contributed by atoms with E-state index in [0.29, 0.717) is 25.7 Å². The first-order chi connectivity index (χ1) is 10.00. The van der Waals surface area contributed by atoms with Gasteiger partial charge in [0.05, 0.1) is 5.25 Å². The van der Waals surface area contributed by atoms with Gasteiger partial charge in [-0.25, -0.2) is 13.2 Å². The number of carbonyl (C=O) groups is 2. The molecule has 0 saturated heterocycles. The van der Waals surface area contributed by atoms with E-state index in [1.165, 1.54) is 0 Å². The summed E-state index contributed by atoms with van der Waals surface area (Å²) in [6.45, 7) is 7.06. The van der Waals surface area contributed by atoms with Crippen LogP contribution in [0.15, 0.2) is 0 Å². The lowest BCUT2D eigenvalue weighted by atomic mass is 10.1. The molecule has 0 aromatic rings. The molecule has 2 fully saturated rings. The summed E-state index contributed by atoms with van der Waals surface area (Å²) >= 11 is 0. The highest BCUT2D eigenvalue weighted by molar-refractivity contribution is 7.90. The van der Waals surface area contributed by atoms with Crippen molar-refractivity contribution in [3.05, 3.63) is 0 Å². The average molecular weight is 332 g/mol. The summed E-state index contributed by atoms with van der Waals surface area (Å²) < 4.78 is 31.1. The number of sulfonamides is 1. The summed E-state index contributed by atoms with van der Waals surface area (Å²) in [4.78, 5) is 24.3. The second-order valence-corrected chi connectivity index (χ2v) is 9.04. The van der Waals surface area contributed by atoms with Crippen LogP contribution < -0.4 is 10.0 Å². The van der Waals surface area contributed by atoms with Crippen LogP contribution in [0.2, 0.25) is 0 Å². The Morgan fingerprint density at radius 2 is 1.86 bits per heavy atom. The second-order valence-electron chi connectivity index (χ2n) is 7.08. The minimum Gasteiger partial charge on any atom is -0.444 e. The highest BCUT2D eigenvalue weighted by Gasteiger charge is 2.61. The van der Waals surface area contributed by atoms with Gasteiger partial charge in [-0.1, -0.05) is 13.3 Å². The summed E-state index contributed by atoms with van der Waals surface area (Å²) in [5.41, 5.74) is -1.85. The number of rotatable bonds is 5. The van der Waals surface area contributed by atoms with E-state index in [0.717, 1.165) is 0 Å². The zero-order valence-corrected chi connectivity index (χ0v) is 14.2. The molecule has 0 radical (unpaired) electrons. The number of hydrogen-bond acceptors (Lipinski definition) is 5. The lowest BCUT2D eigenvalue weighted by Crippen LogP contribution is -2.53. The molecular formula is C14H24N2O5S. The van der Waals surface area contributed by atoms with Crippen molar-refractivity contribution in [2.24, 2.45) is 5.92 Å². The first kappa shape index (κ1) is 17.1. The third-order valence-corrected chi connectivity index (χ3v) is 5.74. The van der Waals surface area contributed by atoms with Gasteiger partial charge in [0.25, 0.3) is 5.91 Å². The first-order valence-corrected chi connectivity index (χ1v) is 9.12. The standard InChI is InChI=1S/C14H24N2O5S/c1-5-9-8-14(9,15-12(18)21-13(2,3)4)11(17)16-22(19,20)10-6-7-10/h9-10H,5-8H2,1-4H3,(H,15,18)(H,16,17)/t9-,14-/m1/s1. The Balaban J connectivity index is 2.05. The Hall–Kier alpha value is -1.31. The molecule has 2 amide bonds. The Morgan fingerprint density at radius 1 is 1.27 bits per heavy atom. The summed E-state index contributed by atoms with van der Waals surface area (Å²) in [5, 5.41) is 2.09. The molecule has 2 N–H and O–H groups in total. The van der Waals surface area contributed by atoms with Gasteiger partial charge >= 0.3 is 6.09 Å². The molecule has 0 bridgehead atoms. The third-order valence-electron chi connectivity index (χ3n) is 3.93. The Labute approximate surface area is 131 Å². The smallest absolute Gasteiger partial charge is 0.408 e. The Kier molecular flexibility index (Phi) is 4.18. The fourth-order valence-corrected chi connectivity index (χ4v) is 3.84. The lowest BCUT2D eigenvalue weighted by Gasteiger charge is -2.23. The minimum atomic E-state index is -3.62. The highest BCUT2D eigenvalue weighted by Crippen LogP contribution is 2.46. The van der Waals surface area contributed by atoms with Crippen molar-refractivity contribution in [2.45, 2.75) is 69.8 Å². The molecular weight excluding hydrogens is 308 g/mol. The molecule has 2 atom stereocenters. The molecule has 2 aliphatic carbocycles. The molecule has 0 aromatic heterocycles. The van der Waals surface area contributed by atoms with Gasteiger partial charge in [0, 0.05) is 0 Å². The molecule has 22 heavy (non-hydrogen) atoms. The van der Waals surface area contributed by atoms with Gasteiger partial charge in [-0.2, -0.15) is 0 Å². The molecule has 2 aliphatic rings. The fraction of sp³-hybridized carbons (Fsp3) is 0.857. The predicted octanol–water partition coefficient (Wildman–Crippen LogP) is 1.29. The largest absolute Gasteiger partial charge is 0.444 e. The van der Waals surface area contributed by atoms with Crippen molar-refractivity contribution in [3.63, 3.8) is 0 Å². The number of hydrogen-bond donors (Lipinski definition) is 2. The van der Waals surface area contributed by atoms with Crippen molar-refractivity contribution >= 4 is 22.0 Å². The van der Waals surface area contributed by atoms with Gasteiger partial charge in [-0.3, -0.25) is 9.52 Å². The molecule has 8 heteroatoms. The predicted molar refractivity (Wildman–Crippen MR) is 80.6 cm³/mol. The molecule has 7 nitrogen and oxygen atoms in total. The quantitative estimate of drug-likeness (QED) is 0.790. The molecule has 0 unspecified atom stereocenters. The Bertz CT molecular complexity index is 577. The maximum absolute atomic E-state index is 12.4. The van der Waals surface area contributed by atoms with E-state index in [1.54, 1.807) is 20.8 Å². The zero-order chi connectivity index (χ0) is 16.8. The van der Waals surface area contributed by atoms with Crippen LogP contribution in [0.5, 0.6) is 0 Å². The van der Waals surface area contributed by atoms with Crippen LogP contribution >= 0.6 is 0 Å². The van der Waals surface area contributed by atoms with Crippen LogP contribution in [-0.4, -0.2) is 36.8 Å². The van der Waals surface area contributed by atoms with Crippen molar-refractivity contribution in [1.82, 2.24) is 10.0 Å². The molecule has 2 rings (SSSR count). The van der Waals surface area contributed by atoms with E-state index in [-0.39, 0.29) is 5.92 Å². The van der Waals surface area contributed by atoms with Gasteiger partial charge in [0.15, 0.2) is 0 Å². The number of amides is 2. The maximum Gasteiger partial charge on any atom is 0.408 e. The van der Waals surface area contributed by atoms with Crippen molar-refractivity contribution in [2.75, 3.05) is 0 Å². The van der Waals surface area contributed by atoms with Crippen LogP contribution in [0.25, 0.3) is 0 Å². The molecule has 0 spiro atoms. The van der Waals surface area contributed by atoms with Crippen molar-refractivity contribution in [1.29, 1.82) is 0 Å². The average Bonchev–Trinajstić information content (AvgIpc) is 3.20. The summed E-state index contributed by atoms with van der Waals surface area (Å²) in [7, 11) is -3.62. The molecule has 126 valence electrons. The minimum absolute atomic E-state index is 0.0746. The van der Waals surface area contributed by atoms with Crippen LogP contribution in [-0.2, 0) is 19.6 Å². The van der Waals surface area contributed by atoms with Crippen molar-refractivity contribution in [3.8, 4) is 0 Å². The topological polar surface area (TPSA) is 102 Å². The van der Waals surface area contributed by atoms with E-state index in [4.69, 9.17) is 4.74 Å². The van der Waals surface area contributed by atoms with Gasteiger partial charge in [0.2, 0.25) is 10.0 Å². The van der Waals surface area contributed by atoms with Crippen LogP contribution in [0.3, 0.4) is 0 Å². The summed E-state index contributed by atoms with van der Waals surface area (Å²) in [6, 6.07) is 0. The zero-order valence-electron chi connectivity index (χ0n) is 13.4. The van der Waals surface area contributed by atoms with Gasteiger partial charge in [-0.15, -0.1) is 0 Å². The SMILES string of the molecule is CC[C@@H]1C[C@]1(NC(=O)OC(C)(C)C)C(=O)NS(=O)(=O)C1CC1. The lowest BCUT2D eigenvalue weighted by molar-refractivity contribution is -0.122. The molecule has 0 aliphatic heterocycles. The highest BCUT2D eigenvalue weighted by atomic mass is 32.2. The normalized spacial score (nSPS) is 27.9. The van der Waals surface area contributed by atoms with Gasteiger partial charge in [0.1, 0.15) is 11.1 Å². The molecule has 2 saturated carbocycles. The number of alkyl carbamates (subject to hydrolysis) is 1. The number of ether oxygens (including phenoxy) is 1. The monoisotopic (exact) mass is 332 g/mol. The third kappa shape index (κ3) is 3.71. The van der Waals surface area contributed by atoms with E-state index < -0.39 is 38.4 Å². The molecule has 0 heterocycles. The van der Waals surface area contributed by atoms with Gasteiger partial charge < -0.3 is 10.1 Å². The van der Waals surface area contributed by atoms with E-state index in [9.17, 15) is 18.0 Å². The Morgan fingerprint density at radius 3 is 2.27 bits per heavy atom. The fourth-order valence-electron chi connectivity index (χ4n) is 2.48. The molecule has 0 aromatic carbocycles. The second kappa shape index (κ2) is 5.40. The first-order valence-electron chi connectivity index (χ1n) is 7.57. The van der Waals surface area contributed by atoms with Crippen LogP contribution in [0.1, 0.15) is 53.4 Å². The van der Waals surface area contributed by atoms with E-state index in [1.807, 2.05) is 6.92 Å². The van der Waals surface area contributed by atoms with E-state index >= 15 is 0 Å². The van der Waals surface area contributed by atoms with Crippen LogP contribution in [0.4, 0.5) is 4.79 Å². The van der Waals surface area contributed by atoms with Crippen LogP contribution in [0, 0.1) is 5.92 Å². The number of nitrogens with one attached hydrogen (secondary N) is 2. The van der Waals surface area contributed by atoms with Gasteiger partial charge in [-0.05, 0) is 46.0 Å². The summed E-state index contributed by atoms with van der Waals surface area (Å²) in [6.07, 6.45) is 1.54. The number of carbonyl (C=O) groups excluding carboxylic acids is 2.